The Hall–Kier alpha value is -2.36. The minimum atomic E-state index is -0.760. The van der Waals surface area contributed by atoms with Gasteiger partial charge in [0.15, 0.2) is 0 Å². The SMILES string of the molecule is C=C(C)C(=O)OOC(=O)/C(C)=C/Cc1ccccc1. The highest BCUT2D eigenvalue weighted by atomic mass is 17.2. The highest BCUT2D eigenvalue weighted by Gasteiger charge is 2.11. The fourth-order valence-electron chi connectivity index (χ4n) is 1.18. The van der Waals surface area contributed by atoms with Crippen LogP contribution >= 0.6 is 0 Å². The average Bonchev–Trinajstić information content (AvgIpc) is 2.42. The van der Waals surface area contributed by atoms with Gasteiger partial charge in [0.2, 0.25) is 0 Å². The quantitative estimate of drug-likeness (QED) is 0.474. The summed E-state index contributed by atoms with van der Waals surface area (Å²) < 4.78 is 0. The van der Waals surface area contributed by atoms with E-state index in [1.165, 1.54) is 6.92 Å². The minimum absolute atomic E-state index is 0.165. The van der Waals surface area contributed by atoms with E-state index in [9.17, 15) is 9.59 Å². The summed E-state index contributed by atoms with van der Waals surface area (Å²) in [6.07, 6.45) is 2.32. The molecule has 0 saturated heterocycles. The van der Waals surface area contributed by atoms with Crippen molar-refractivity contribution in [1.29, 1.82) is 0 Å². The van der Waals surface area contributed by atoms with Gasteiger partial charge in [0, 0.05) is 11.1 Å². The number of hydrogen-bond donors (Lipinski definition) is 0. The Bertz CT molecular complexity index is 500. The molecule has 100 valence electrons. The second-order valence-corrected chi connectivity index (χ2v) is 4.10. The van der Waals surface area contributed by atoms with Crippen LogP contribution in [0.15, 0.2) is 54.1 Å². The van der Waals surface area contributed by atoms with Crippen molar-refractivity contribution in [2.45, 2.75) is 20.3 Å². The minimum Gasteiger partial charge on any atom is -0.242 e. The number of carbonyl (C=O) groups excluding carboxylic acids is 2. The summed E-state index contributed by atoms with van der Waals surface area (Å²) in [4.78, 5) is 31.2. The number of rotatable bonds is 4. The van der Waals surface area contributed by atoms with E-state index in [-0.39, 0.29) is 5.57 Å². The number of benzene rings is 1. The molecular weight excluding hydrogens is 244 g/mol. The zero-order valence-electron chi connectivity index (χ0n) is 11.0. The lowest BCUT2D eigenvalue weighted by Gasteiger charge is -2.03. The summed E-state index contributed by atoms with van der Waals surface area (Å²) in [5, 5.41) is 0. The smallest absolute Gasteiger partial charge is 0.242 e. The third-order valence-electron chi connectivity index (χ3n) is 2.35. The molecular formula is C15H16O4. The van der Waals surface area contributed by atoms with Gasteiger partial charge in [0.25, 0.3) is 0 Å². The van der Waals surface area contributed by atoms with Crippen molar-refractivity contribution in [1.82, 2.24) is 0 Å². The van der Waals surface area contributed by atoms with Gasteiger partial charge < -0.3 is 0 Å². The lowest BCUT2D eigenvalue weighted by atomic mass is 10.1. The first kappa shape index (κ1) is 14.7. The van der Waals surface area contributed by atoms with Gasteiger partial charge in [-0.05, 0) is 25.8 Å². The molecule has 0 amide bonds. The van der Waals surface area contributed by atoms with Crippen molar-refractivity contribution in [3.8, 4) is 0 Å². The molecule has 0 bridgehead atoms. The fourth-order valence-corrected chi connectivity index (χ4v) is 1.18. The maximum Gasteiger partial charge on any atom is 0.381 e. The van der Waals surface area contributed by atoms with E-state index in [1.807, 2.05) is 30.3 Å². The molecule has 0 spiro atoms. The summed E-state index contributed by atoms with van der Waals surface area (Å²) in [5.74, 6) is -1.45. The van der Waals surface area contributed by atoms with Crippen molar-refractivity contribution in [3.63, 3.8) is 0 Å². The van der Waals surface area contributed by atoms with Crippen LogP contribution in [-0.4, -0.2) is 11.9 Å². The summed E-state index contributed by atoms with van der Waals surface area (Å²) in [6.45, 7) is 6.44. The Morgan fingerprint density at radius 1 is 1.11 bits per heavy atom. The van der Waals surface area contributed by atoms with Gasteiger partial charge in [-0.15, -0.1) is 0 Å². The lowest BCUT2D eigenvalue weighted by molar-refractivity contribution is -0.252. The highest BCUT2D eigenvalue weighted by Crippen LogP contribution is 2.05. The predicted molar refractivity (Wildman–Crippen MR) is 70.9 cm³/mol. The Kier molecular flexibility index (Phi) is 5.54. The molecule has 19 heavy (non-hydrogen) atoms. The average molecular weight is 260 g/mol. The Morgan fingerprint density at radius 3 is 2.26 bits per heavy atom. The van der Waals surface area contributed by atoms with Crippen LogP contribution in [-0.2, 0) is 25.8 Å². The van der Waals surface area contributed by atoms with E-state index in [4.69, 9.17) is 0 Å². The van der Waals surface area contributed by atoms with Crippen LogP contribution in [0.2, 0.25) is 0 Å². The molecule has 1 aromatic rings. The molecule has 0 atom stereocenters. The molecule has 0 aliphatic rings. The summed E-state index contributed by atoms with van der Waals surface area (Å²) in [7, 11) is 0. The summed E-state index contributed by atoms with van der Waals surface area (Å²) >= 11 is 0. The largest absolute Gasteiger partial charge is 0.381 e. The molecule has 0 fully saturated rings. The van der Waals surface area contributed by atoms with Crippen molar-refractivity contribution in [3.05, 3.63) is 59.7 Å². The lowest BCUT2D eigenvalue weighted by Crippen LogP contribution is -2.12. The van der Waals surface area contributed by atoms with Crippen LogP contribution in [0.3, 0.4) is 0 Å². The van der Waals surface area contributed by atoms with E-state index in [0.29, 0.717) is 12.0 Å². The number of hydrogen-bond acceptors (Lipinski definition) is 4. The Morgan fingerprint density at radius 2 is 1.68 bits per heavy atom. The first-order valence-electron chi connectivity index (χ1n) is 5.80. The van der Waals surface area contributed by atoms with Crippen molar-refractivity contribution in [2.75, 3.05) is 0 Å². The van der Waals surface area contributed by atoms with Crippen LogP contribution in [0.1, 0.15) is 19.4 Å². The van der Waals surface area contributed by atoms with Gasteiger partial charge in [-0.3, -0.25) is 0 Å². The van der Waals surface area contributed by atoms with Gasteiger partial charge in [-0.2, -0.15) is 0 Å². The predicted octanol–water partition coefficient (Wildman–Crippen LogP) is 2.75. The van der Waals surface area contributed by atoms with E-state index < -0.39 is 11.9 Å². The molecule has 0 aromatic heterocycles. The fraction of sp³-hybridized carbons (Fsp3) is 0.200. The molecule has 0 radical (unpaired) electrons. The maximum absolute atomic E-state index is 11.5. The molecule has 0 heterocycles. The molecule has 0 aliphatic heterocycles. The van der Waals surface area contributed by atoms with Gasteiger partial charge in [0.1, 0.15) is 0 Å². The summed E-state index contributed by atoms with van der Waals surface area (Å²) in [5.41, 5.74) is 1.62. The topological polar surface area (TPSA) is 52.6 Å². The number of allylic oxidation sites excluding steroid dienone is 1. The monoisotopic (exact) mass is 260 g/mol. The summed E-state index contributed by atoms with van der Waals surface area (Å²) in [6, 6.07) is 9.68. The molecule has 1 rings (SSSR count). The van der Waals surface area contributed by atoms with Crippen LogP contribution in [0, 0.1) is 0 Å². The molecule has 1 aromatic carbocycles. The van der Waals surface area contributed by atoms with Crippen LogP contribution in [0.25, 0.3) is 0 Å². The van der Waals surface area contributed by atoms with Gasteiger partial charge >= 0.3 is 11.9 Å². The van der Waals surface area contributed by atoms with Crippen molar-refractivity contribution < 1.29 is 19.4 Å². The number of carbonyl (C=O) groups is 2. The van der Waals surface area contributed by atoms with Crippen LogP contribution in [0.4, 0.5) is 0 Å². The molecule has 4 heteroatoms. The Balaban J connectivity index is 2.48. The van der Waals surface area contributed by atoms with E-state index in [0.717, 1.165) is 5.56 Å². The highest BCUT2D eigenvalue weighted by molar-refractivity contribution is 5.90. The first-order valence-corrected chi connectivity index (χ1v) is 5.80. The van der Waals surface area contributed by atoms with Crippen molar-refractivity contribution in [2.24, 2.45) is 0 Å². The molecule has 0 saturated carbocycles. The third-order valence-corrected chi connectivity index (χ3v) is 2.35. The van der Waals surface area contributed by atoms with Crippen LogP contribution < -0.4 is 0 Å². The second kappa shape index (κ2) is 7.16. The Labute approximate surface area is 112 Å². The zero-order valence-corrected chi connectivity index (χ0v) is 11.0. The van der Waals surface area contributed by atoms with Gasteiger partial charge in [0.05, 0.1) is 0 Å². The standard InChI is InChI=1S/C15H16O4/c1-11(2)14(16)18-19-15(17)12(3)9-10-13-7-5-4-6-8-13/h4-9H,1,10H2,2-3H3/b12-9+. The maximum atomic E-state index is 11.5. The molecule has 0 aliphatic carbocycles. The second-order valence-electron chi connectivity index (χ2n) is 4.10. The normalized spacial score (nSPS) is 10.7. The zero-order chi connectivity index (χ0) is 14.3. The molecule has 0 N–H and O–H groups in total. The first-order chi connectivity index (χ1) is 9.00. The van der Waals surface area contributed by atoms with Gasteiger partial charge in [-0.1, -0.05) is 43.0 Å². The molecule has 4 nitrogen and oxygen atoms in total. The third kappa shape index (κ3) is 5.21. The molecule has 0 unspecified atom stereocenters. The van der Waals surface area contributed by atoms with Crippen molar-refractivity contribution >= 4 is 11.9 Å². The van der Waals surface area contributed by atoms with E-state index >= 15 is 0 Å². The van der Waals surface area contributed by atoms with E-state index in [1.54, 1.807) is 13.0 Å². The van der Waals surface area contributed by atoms with Crippen LogP contribution in [0.5, 0.6) is 0 Å². The van der Waals surface area contributed by atoms with Gasteiger partial charge in [-0.25, -0.2) is 19.4 Å². The van der Waals surface area contributed by atoms with E-state index in [2.05, 4.69) is 16.4 Å².